The minimum Gasteiger partial charge on any atom is -0.395 e. The van der Waals surface area contributed by atoms with E-state index in [-0.39, 0.29) is 6.61 Å². The topological polar surface area (TPSA) is 93.1 Å². The Morgan fingerprint density at radius 3 is 2.24 bits per heavy atom. The molecule has 0 saturated carbocycles. The van der Waals surface area contributed by atoms with Gasteiger partial charge in [0, 0.05) is 44.1 Å². The summed E-state index contributed by atoms with van der Waals surface area (Å²) in [6, 6.07) is 7.43. The molecule has 1 aliphatic heterocycles. The summed E-state index contributed by atoms with van der Waals surface area (Å²) in [4.78, 5) is 4.47. The molecule has 0 spiro atoms. The smallest absolute Gasteiger partial charge is 0.283 e. The molecule has 0 unspecified atom stereocenters. The normalized spacial score (nSPS) is 17.0. The molecule has 1 fully saturated rings. The number of anilines is 2. The van der Waals surface area contributed by atoms with Crippen molar-refractivity contribution in [2.45, 2.75) is 0 Å². The predicted octanol–water partition coefficient (Wildman–Crippen LogP) is 0.0581. The summed E-state index contributed by atoms with van der Waals surface area (Å²) in [5.74, 6) is -0.494. The van der Waals surface area contributed by atoms with E-state index in [9.17, 15) is 8.42 Å². The molecule has 0 bridgehead atoms. The van der Waals surface area contributed by atoms with Crippen LogP contribution in [0.2, 0.25) is 0 Å². The zero-order valence-corrected chi connectivity index (χ0v) is 12.6. The summed E-state index contributed by atoms with van der Waals surface area (Å²) in [5.41, 5.74) is 1.73. The largest absolute Gasteiger partial charge is 0.395 e. The lowest BCUT2D eigenvalue weighted by Crippen LogP contribution is -2.47. The van der Waals surface area contributed by atoms with Crippen LogP contribution in [0.3, 0.4) is 0 Å². The van der Waals surface area contributed by atoms with E-state index in [2.05, 4.69) is 15.1 Å². The van der Waals surface area contributed by atoms with Crippen LogP contribution in [-0.4, -0.2) is 68.2 Å². The zero-order valence-electron chi connectivity index (χ0n) is 11.8. The first-order valence-electron chi connectivity index (χ1n) is 6.85. The lowest BCUT2D eigenvalue weighted by molar-refractivity contribution is 0.189. The Hall–Kier alpha value is -1.35. The molecule has 118 valence electrons. The van der Waals surface area contributed by atoms with E-state index < -0.39 is 16.0 Å². The molecular weight excluding hydrogens is 294 g/mol. The Morgan fingerprint density at radius 1 is 1.10 bits per heavy atom. The van der Waals surface area contributed by atoms with Gasteiger partial charge in [-0.2, -0.15) is 8.42 Å². The lowest BCUT2D eigenvalue weighted by Gasteiger charge is -2.35. The first-order valence-corrected chi connectivity index (χ1v) is 8.46. The number of aliphatic hydroxyl groups excluding tert-OH is 1. The third kappa shape index (κ3) is 5.16. The highest BCUT2D eigenvalue weighted by Gasteiger charge is 2.16. The maximum atomic E-state index is 10.7. The standard InChI is InChI=1S/C13H21N3O4S/c17-10-9-15-5-7-16(8-6-15)13-3-1-12(2-4-13)14-11-21(18,19)20/h1-4,14,17H,5-11H2,(H,18,19,20). The molecule has 2 rings (SSSR count). The minimum absolute atomic E-state index is 0.189. The zero-order chi connectivity index (χ0) is 15.3. The molecular formula is C13H21N3O4S. The summed E-state index contributed by atoms with van der Waals surface area (Å²) in [5, 5.41) is 11.6. The van der Waals surface area contributed by atoms with Gasteiger partial charge < -0.3 is 15.3 Å². The van der Waals surface area contributed by atoms with Crippen LogP contribution in [0.4, 0.5) is 11.4 Å². The number of rotatable bonds is 6. The molecule has 21 heavy (non-hydrogen) atoms. The molecule has 0 atom stereocenters. The second kappa shape index (κ2) is 7.08. The molecule has 0 radical (unpaired) electrons. The lowest BCUT2D eigenvalue weighted by atomic mass is 10.2. The number of piperazine rings is 1. The molecule has 1 aromatic rings. The van der Waals surface area contributed by atoms with E-state index in [1.807, 2.05) is 12.1 Å². The predicted molar refractivity (Wildman–Crippen MR) is 82.2 cm³/mol. The Labute approximate surface area is 124 Å². The van der Waals surface area contributed by atoms with Crippen LogP contribution >= 0.6 is 0 Å². The summed E-state index contributed by atoms with van der Waals surface area (Å²) in [6.07, 6.45) is 0. The maximum Gasteiger partial charge on any atom is 0.283 e. The van der Waals surface area contributed by atoms with Gasteiger partial charge in [-0.3, -0.25) is 9.45 Å². The summed E-state index contributed by atoms with van der Waals surface area (Å²) < 4.78 is 30.0. The highest BCUT2D eigenvalue weighted by Crippen LogP contribution is 2.19. The molecule has 0 aromatic heterocycles. The molecule has 1 aromatic carbocycles. The van der Waals surface area contributed by atoms with Gasteiger partial charge in [-0.1, -0.05) is 0 Å². The van der Waals surface area contributed by atoms with Crippen molar-refractivity contribution in [2.75, 3.05) is 55.4 Å². The molecule has 1 heterocycles. The van der Waals surface area contributed by atoms with E-state index in [0.717, 1.165) is 31.9 Å². The quantitative estimate of drug-likeness (QED) is 0.639. The van der Waals surface area contributed by atoms with Gasteiger partial charge in [0.2, 0.25) is 0 Å². The average Bonchev–Trinajstić information content (AvgIpc) is 2.46. The Morgan fingerprint density at radius 2 is 1.71 bits per heavy atom. The second-order valence-electron chi connectivity index (χ2n) is 5.00. The van der Waals surface area contributed by atoms with Crippen LogP contribution < -0.4 is 10.2 Å². The van der Waals surface area contributed by atoms with E-state index in [1.54, 1.807) is 12.1 Å². The van der Waals surface area contributed by atoms with Crippen molar-refractivity contribution < 1.29 is 18.1 Å². The van der Waals surface area contributed by atoms with Gasteiger partial charge in [0.15, 0.2) is 0 Å². The van der Waals surface area contributed by atoms with E-state index in [1.165, 1.54) is 0 Å². The van der Waals surface area contributed by atoms with Crippen molar-refractivity contribution in [1.29, 1.82) is 0 Å². The number of nitrogens with one attached hydrogen (secondary N) is 1. The molecule has 7 nitrogen and oxygen atoms in total. The van der Waals surface area contributed by atoms with Crippen LogP contribution in [0.25, 0.3) is 0 Å². The van der Waals surface area contributed by atoms with Crippen molar-refractivity contribution in [3.8, 4) is 0 Å². The van der Waals surface area contributed by atoms with Gasteiger partial charge in [-0.05, 0) is 24.3 Å². The number of hydrogen-bond donors (Lipinski definition) is 3. The fourth-order valence-electron chi connectivity index (χ4n) is 2.34. The van der Waals surface area contributed by atoms with Gasteiger partial charge in [0.05, 0.1) is 6.61 Å². The van der Waals surface area contributed by atoms with Crippen LogP contribution in [-0.2, 0) is 10.1 Å². The Kier molecular flexibility index (Phi) is 5.40. The van der Waals surface area contributed by atoms with Crippen molar-refractivity contribution in [1.82, 2.24) is 4.90 Å². The molecule has 1 saturated heterocycles. The highest BCUT2D eigenvalue weighted by atomic mass is 32.2. The van der Waals surface area contributed by atoms with Crippen LogP contribution in [0, 0.1) is 0 Å². The Bertz CT molecular complexity index is 539. The number of benzene rings is 1. The van der Waals surface area contributed by atoms with E-state index >= 15 is 0 Å². The van der Waals surface area contributed by atoms with Crippen molar-refractivity contribution >= 4 is 21.5 Å². The molecule has 0 amide bonds. The minimum atomic E-state index is -4.01. The van der Waals surface area contributed by atoms with Crippen LogP contribution in [0.5, 0.6) is 0 Å². The van der Waals surface area contributed by atoms with Gasteiger partial charge in [0.1, 0.15) is 5.88 Å². The van der Waals surface area contributed by atoms with Gasteiger partial charge >= 0.3 is 0 Å². The van der Waals surface area contributed by atoms with E-state index in [0.29, 0.717) is 12.2 Å². The van der Waals surface area contributed by atoms with E-state index in [4.69, 9.17) is 9.66 Å². The van der Waals surface area contributed by atoms with Crippen LogP contribution in [0.1, 0.15) is 0 Å². The monoisotopic (exact) mass is 315 g/mol. The molecule has 0 aliphatic carbocycles. The van der Waals surface area contributed by atoms with Crippen molar-refractivity contribution in [2.24, 2.45) is 0 Å². The SMILES string of the molecule is O=S(=O)(O)CNc1ccc(N2CCN(CCO)CC2)cc1. The number of hydrogen-bond acceptors (Lipinski definition) is 6. The first-order chi connectivity index (χ1) is 9.98. The third-order valence-electron chi connectivity index (χ3n) is 3.48. The van der Waals surface area contributed by atoms with Crippen molar-refractivity contribution in [3.05, 3.63) is 24.3 Å². The fraction of sp³-hybridized carbons (Fsp3) is 0.538. The summed E-state index contributed by atoms with van der Waals surface area (Å²) >= 11 is 0. The van der Waals surface area contributed by atoms with Crippen molar-refractivity contribution in [3.63, 3.8) is 0 Å². The van der Waals surface area contributed by atoms with Gasteiger partial charge in [0.25, 0.3) is 10.1 Å². The number of nitrogens with zero attached hydrogens (tertiary/aromatic N) is 2. The third-order valence-corrected chi connectivity index (χ3v) is 3.99. The average molecular weight is 315 g/mol. The molecule has 3 N–H and O–H groups in total. The Balaban J connectivity index is 1.88. The first kappa shape index (κ1) is 16.0. The van der Waals surface area contributed by atoms with Crippen LogP contribution in [0.15, 0.2) is 24.3 Å². The van der Waals surface area contributed by atoms with Gasteiger partial charge in [-0.25, -0.2) is 0 Å². The number of β-amino-alcohol motifs (C(OH)–C–C–N with tert-alkyl or cyclic N) is 1. The number of aliphatic hydroxyl groups is 1. The summed E-state index contributed by atoms with van der Waals surface area (Å²) in [7, 11) is -4.01. The van der Waals surface area contributed by atoms with Gasteiger partial charge in [-0.15, -0.1) is 0 Å². The molecule has 1 aliphatic rings. The second-order valence-corrected chi connectivity index (χ2v) is 6.45. The maximum absolute atomic E-state index is 10.7. The highest BCUT2D eigenvalue weighted by molar-refractivity contribution is 7.85. The fourth-order valence-corrected chi connectivity index (χ4v) is 2.68. The summed E-state index contributed by atoms with van der Waals surface area (Å²) in [6.45, 7) is 4.54. The molecule has 8 heteroatoms.